The molecule has 0 amide bonds. The van der Waals surface area contributed by atoms with Gasteiger partial charge >= 0.3 is 0 Å². The summed E-state index contributed by atoms with van der Waals surface area (Å²) in [6.07, 6.45) is 1.11. The zero-order chi connectivity index (χ0) is 13.1. The number of nitrogens with zero attached hydrogens (tertiary/aromatic N) is 4. The van der Waals surface area contributed by atoms with Crippen molar-refractivity contribution in [3.63, 3.8) is 0 Å². The maximum Gasteiger partial charge on any atom is 0.159 e. The van der Waals surface area contributed by atoms with Gasteiger partial charge in [-0.15, -0.1) is 11.8 Å². The zero-order valence-corrected chi connectivity index (χ0v) is 11.7. The highest BCUT2D eigenvalue weighted by Crippen LogP contribution is 2.22. The van der Waals surface area contributed by atoms with E-state index in [1.165, 1.54) is 0 Å². The van der Waals surface area contributed by atoms with Crippen LogP contribution in [0.15, 0.2) is 17.2 Å². The standard InChI is InChI=1S/C12H17N5S/c1-4-5-18-12-7-10(13)17(16-12)11-6-8(2)14-9(3)15-11/h6-7H,4-5,13H2,1-3H3. The lowest BCUT2D eigenvalue weighted by Crippen LogP contribution is -2.06. The van der Waals surface area contributed by atoms with Crippen LogP contribution in [0.25, 0.3) is 5.82 Å². The molecule has 2 heterocycles. The Kier molecular flexibility index (Phi) is 3.86. The topological polar surface area (TPSA) is 69.6 Å². The Hall–Kier alpha value is -1.56. The molecule has 2 N–H and O–H groups in total. The molecule has 0 aliphatic rings. The van der Waals surface area contributed by atoms with Crippen LogP contribution < -0.4 is 5.73 Å². The number of nitrogen functional groups attached to an aromatic ring is 1. The van der Waals surface area contributed by atoms with Crippen LogP contribution in [0.2, 0.25) is 0 Å². The summed E-state index contributed by atoms with van der Waals surface area (Å²) in [5.74, 6) is 3.09. The summed E-state index contributed by atoms with van der Waals surface area (Å²) in [6, 6.07) is 3.76. The van der Waals surface area contributed by atoms with Gasteiger partial charge in [-0.2, -0.15) is 9.78 Å². The fourth-order valence-electron chi connectivity index (χ4n) is 1.64. The van der Waals surface area contributed by atoms with Gasteiger partial charge in [0.15, 0.2) is 5.82 Å². The third kappa shape index (κ3) is 2.81. The van der Waals surface area contributed by atoms with E-state index in [9.17, 15) is 0 Å². The number of aryl methyl sites for hydroxylation is 2. The monoisotopic (exact) mass is 263 g/mol. The lowest BCUT2D eigenvalue weighted by Gasteiger charge is -2.04. The van der Waals surface area contributed by atoms with Gasteiger partial charge in [0.1, 0.15) is 16.7 Å². The molecular weight excluding hydrogens is 246 g/mol. The van der Waals surface area contributed by atoms with Gasteiger partial charge in [0, 0.05) is 17.8 Å². The molecule has 6 heteroatoms. The first-order valence-corrected chi connectivity index (χ1v) is 6.89. The molecule has 0 bridgehead atoms. The second kappa shape index (κ2) is 5.39. The number of nitrogens with two attached hydrogens (primary N) is 1. The van der Waals surface area contributed by atoms with Crippen molar-refractivity contribution in [2.24, 2.45) is 0 Å². The van der Waals surface area contributed by atoms with E-state index < -0.39 is 0 Å². The molecule has 0 fully saturated rings. The number of anilines is 1. The molecule has 18 heavy (non-hydrogen) atoms. The number of rotatable bonds is 4. The molecule has 0 saturated carbocycles. The van der Waals surface area contributed by atoms with Gasteiger partial charge in [-0.05, 0) is 26.0 Å². The van der Waals surface area contributed by atoms with Crippen molar-refractivity contribution >= 4 is 17.6 Å². The maximum absolute atomic E-state index is 5.97. The van der Waals surface area contributed by atoms with Crippen molar-refractivity contribution in [3.8, 4) is 5.82 Å². The first kappa shape index (κ1) is 12.9. The van der Waals surface area contributed by atoms with Gasteiger partial charge in [-0.25, -0.2) is 9.97 Å². The van der Waals surface area contributed by atoms with E-state index in [2.05, 4.69) is 22.0 Å². The molecule has 0 saturated heterocycles. The van der Waals surface area contributed by atoms with Gasteiger partial charge in [-0.1, -0.05) is 6.92 Å². The van der Waals surface area contributed by atoms with Crippen LogP contribution in [0.5, 0.6) is 0 Å². The van der Waals surface area contributed by atoms with E-state index in [1.54, 1.807) is 16.4 Å². The molecule has 0 spiro atoms. The highest BCUT2D eigenvalue weighted by molar-refractivity contribution is 7.99. The van der Waals surface area contributed by atoms with Crippen LogP contribution in [-0.4, -0.2) is 25.5 Å². The van der Waals surface area contributed by atoms with E-state index in [1.807, 2.05) is 26.0 Å². The summed E-state index contributed by atoms with van der Waals surface area (Å²) < 4.78 is 1.67. The van der Waals surface area contributed by atoms with E-state index in [4.69, 9.17) is 5.73 Å². The Bertz CT molecular complexity index is 529. The third-order valence-corrected chi connectivity index (χ3v) is 3.45. The minimum atomic E-state index is 0.603. The van der Waals surface area contributed by atoms with Crippen molar-refractivity contribution in [3.05, 3.63) is 23.7 Å². The summed E-state index contributed by atoms with van der Waals surface area (Å²) in [5.41, 5.74) is 6.88. The average Bonchev–Trinajstić information content (AvgIpc) is 2.66. The number of hydrogen-bond acceptors (Lipinski definition) is 5. The van der Waals surface area contributed by atoms with Crippen LogP contribution in [0.3, 0.4) is 0 Å². The summed E-state index contributed by atoms with van der Waals surface area (Å²) in [7, 11) is 0. The Morgan fingerprint density at radius 2 is 2.06 bits per heavy atom. The fraction of sp³-hybridized carbons (Fsp3) is 0.417. The Morgan fingerprint density at radius 1 is 1.28 bits per heavy atom. The van der Waals surface area contributed by atoms with Gasteiger partial charge in [-0.3, -0.25) is 0 Å². The van der Waals surface area contributed by atoms with E-state index in [-0.39, 0.29) is 0 Å². The van der Waals surface area contributed by atoms with Gasteiger partial charge < -0.3 is 5.73 Å². The predicted octanol–water partition coefficient (Wildman–Crippen LogP) is 2.36. The Balaban J connectivity index is 2.34. The SMILES string of the molecule is CCCSc1cc(N)n(-c2cc(C)nc(C)n2)n1. The molecule has 0 atom stereocenters. The molecule has 0 radical (unpaired) electrons. The second-order valence-corrected chi connectivity index (χ2v) is 5.20. The molecule has 0 aliphatic carbocycles. The fourth-order valence-corrected chi connectivity index (χ4v) is 2.40. The first-order chi connectivity index (χ1) is 8.60. The summed E-state index contributed by atoms with van der Waals surface area (Å²) in [4.78, 5) is 8.61. The van der Waals surface area contributed by atoms with Gasteiger partial charge in [0.2, 0.25) is 0 Å². The van der Waals surface area contributed by atoms with Crippen molar-refractivity contribution in [1.82, 2.24) is 19.7 Å². The Morgan fingerprint density at radius 3 is 2.72 bits per heavy atom. The quantitative estimate of drug-likeness (QED) is 0.857. The predicted molar refractivity (Wildman–Crippen MR) is 74.1 cm³/mol. The summed E-state index contributed by atoms with van der Waals surface area (Å²) in [5, 5.41) is 5.40. The Labute approximate surface area is 111 Å². The summed E-state index contributed by atoms with van der Waals surface area (Å²) >= 11 is 1.70. The smallest absolute Gasteiger partial charge is 0.159 e. The zero-order valence-electron chi connectivity index (χ0n) is 10.8. The molecule has 2 aromatic rings. The van der Waals surface area contributed by atoms with E-state index in [0.717, 1.165) is 34.5 Å². The minimum Gasteiger partial charge on any atom is -0.383 e. The van der Waals surface area contributed by atoms with Crippen molar-refractivity contribution in [1.29, 1.82) is 0 Å². The molecule has 0 aliphatic heterocycles. The maximum atomic E-state index is 5.97. The summed E-state index contributed by atoms with van der Waals surface area (Å²) in [6.45, 7) is 5.94. The molecule has 2 aromatic heterocycles. The number of aromatic nitrogens is 4. The van der Waals surface area contributed by atoms with Crippen molar-refractivity contribution in [2.45, 2.75) is 32.2 Å². The molecular formula is C12H17N5S. The highest BCUT2D eigenvalue weighted by Gasteiger charge is 2.09. The molecule has 0 unspecified atom stereocenters. The number of thioether (sulfide) groups is 1. The first-order valence-electron chi connectivity index (χ1n) is 5.91. The lowest BCUT2D eigenvalue weighted by molar-refractivity contribution is 0.800. The van der Waals surface area contributed by atoms with Crippen LogP contribution >= 0.6 is 11.8 Å². The van der Waals surface area contributed by atoms with Crippen molar-refractivity contribution in [2.75, 3.05) is 11.5 Å². The van der Waals surface area contributed by atoms with Gasteiger partial charge in [0.25, 0.3) is 0 Å². The molecule has 96 valence electrons. The normalized spacial score (nSPS) is 10.8. The minimum absolute atomic E-state index is 0.603. The van der Waals surface area contributed by atoms with Crippen LogP contribution in [0, 0.1) is 13.8 Å². The second-order valence-electron chi connectivity index (χ2n) is 4.08. The molecule has 0 aromatic carbocycles. The largest absolute Gasteiger partial charge is 0.383 e. The van der Waals surface area contributed by atoms with Crippen LogP contribution in [0.1, 0.15) is 24.9 Å². The van der Waals surface area contributed by atoms with Crippen LogP contribution in [-0.2, 0) is 0 Å². The average molecular weight is 263 g/mol. The van der Waals surface area contributed by atoms with E-state index in [0.29, 0.717) is 5.82 Å². The lowest BCUT2D eigenvalue weighted by atomic mass is 10.4. The molecule has 2 rings (SSSR count). The molecule has 5 nitrogen and oxygen atoms in total. The van der Waals surface area contributed by atoms with E-state index >= 15 is 0 Å². The van der Waals surface area contributed by atoms with Crippen molar-refractivity contribution < 1.29 is 0 Å². The van der Waals surface area contributed by atoms with Gasteiger partial charge in [0.05, 0.1) is 0 Å². The highest BCUT2D eigenvalue weighted by atomic mass is 32.2. The number of hydrogen-bond donors (Lipinski definition) is 1. The van der Waals surface area contributed by atoms with Crippen LogP contribution in [0.4, 0.5) is 5.82 Å². The third-order valence-electron chi connectivity index (χ3n) is 2.34.